The molecule has 0 saturated heterocycles. The first-order valence-electron chi connectivity index (χ1n) is 5.27. The maximum atomic E-state index is 13.4. The summed E-state index contributed by atoms with van der Waals surface area (Å²) in [5.41, 5.74) is -0.708. The van der Waals surface area contributed by atoms with E-state index in [1.165, 1.54) is 18.5 Å². The Labute approximate surface area is 115 Å². The first-order valence-corrected chi connectivity index (χ1v) is 5.65. The number of halogens is 6. The van der Waals surface area contributed by atoms with Crippen molar-refractivity contribution in [2.75, 3.05) is 5.32 Å². The lowest BCUT2D eigenvalue weighted by Gasteiger charge is -2.11. The smallest absolute Gasteiger partial charge is 0.200 e. The van der Waals surface area contributed by atoms with Gasteiger partial charge in [-0.3, -0.25) is 4.98 Å². The predicted octanol–water partition coefficient (Wildman–Crippen LogP) is 4.04. The summed E-state index contributed by atoms with van der Waals surface area (Å²) in [5, 5.41) is 2.34. The average Bonchev–Trinajstić information content (AvgIpc) is 2.45. The van der Waals surface area contributed by atoms with Gasteiger partial charge in [0.05, 0.1) is 5.02 Å². The standard InChI is InChI=1S/C12H6ClF5N2/c13-6-4-19-2-1-5(6)3-20-12-10(17)8(15)7(14)9(16)11(12)18/h1-2,4,20H,3H2. The quantitative estimate of drug-likeness (QED) is 0.526. The fourth-order valence-corrected chi connectivity index (χ4v) is 1.68. The summed E-state index contributed by atoms with van der Waals surface area (Å²) in [4.78, 5) is 3.70. The maximum Gasteiger partial charge on any atom is 0.200 e. The van der Waals surface area contributed by atoms with E-state index in [9.17, 15) is 22.0 Å². The van der Waals surface area contributed by atoms with Crippen LogP contribution in [0.2, 0.25) is 5.02 Å². The third kappa shape index (κ3) is 2.53. The van der Waals surface area contributed by atoms with Crippen LogP contribution in [0.25, 0.3) is 0 Å². The largest absolute Gasteiger partial charge is 0.376 e. The Hall–Kier alpha value is -1.89. The Morgan fingerprint density at radius 2 is 1.50 bits per heavy atom. The molecule has 0 fully saturated rings. The summed E-state index contributed by atoms with van der Waals surface area (Å²) in [5.74, 6) is -10.1. The van der Waals surface area contributed by atoms with E-state index in [4.69, 9.17) is 11.6 Å². The van der Waals surface area contributed by atoms with Gasteiger partial charge in [0.2, 0.25) is 5.82 Å². The minimum atomic E-state index is -2.20. The average molecular weight is 309 g/mol. The molecule has 2 rings (SSSR count). The summed E-state index contributed by atoms with van der Waals surface area (Å²) in [6, 6.07) is 1.45. The van der Waals surface area contributed by atoms with Crippen LogP contribution in [0.4, 0.5) is 27.6 Å². The number of pyridine rings is 1. The molecular formula is C12H6ClF5N2. The van der Waals surface area contributed by atoms with E-state index in [-0.39, 0.29) is 11.6 Å². The lowest BCUT2D eigenvalue weighted by molar-refractivity contribution is 0.381. The molecule has 0 atom stereocenters. The fourth-order valence-electron chi connectivity index (χ4n) is 1.49. The molecule has 0 spiro atoms. The van der Waals surface area contributed by atoms with Gasteiger partial charge in [-0.15, -0.1) is 0 Å². The zero-order chi connectivity index (χ0) is 14.9. The molecule has 2 nitrogen and oxygen atoms in total. The van der Waals surface area contributed by atoms with E-state index in [2.05, 4.69) is 10.3 Å². The van der Waals surface area contributed by atoms with Crippen molar-refractivity contribution in [1.82, 2.24) is 4.98 Å². The van der Waals surface area contributed by atoms with E-state index in [1.807, 2.05) is 0 Å². The lowest BCUT2D eigenvalue weighted by atomic mass is 10.2. The second-order valence-corrected chi connectivity index (χ2v) is 4.17. The Bertz CT molecular complexity index is 634. The molecule has 0 aliphatic rings. The minimum absolute atomic E-state index is 0.198. The molecule has 8 heteroatoms. The van der Waals surface area contributed by atoms with Gasteiger partial charge in [-0.05, 0) is 11.6 Å². The van der Waals surface area contributed by atoms with Gasteiger partial charge in [-0.2, -0.15) is 0 Å². The van der Waals surface area contributed by atoms with Crippen LogP contribution < -0.4 is 5.32 Å². The van der Waals surface area contributed by atoms with Crippen molar-refractivity contribution < 1.29 is 22.0 Å². The molecule has 1 heterocycles. The van der Waals surface area contributed by atoms with Crippen LogP contribution in [0.3, 0.4) is 0 Å². The van der Waals surface area contributed by atoms with E-state index >= 15 is 0 Å². The summed E-state index contributed by atoms with van der Waals surface area (Å²) >= 11 is 5.76. The number of nitrogens with one attached hydrogen (secondary N) is 1. The topological polar surface area (TPSA) is 24.9 Å². The highest BCUT2D eigenvalue weighted by Gasteiger charge is 2.25. The Kier molecular flexibility index (Phi) is 4.08. The first kappa shape index (κ1) is 14.5. The molecule has 0 amide bonds. The van der Waals surface area contributed by atoms with E-state index in [0.717, 1.165) is 0 Å². The van der Waals surface area contributed by atoms with E-state index in [1.54, 1.807) is 0 Å². The van der Waals surface area contributed by atoms with Gasteiger partial charge < -0.3 is 5.32 Å². The van der Waals surface area contributed by atoms with Crippen molar-refractivity contribution in [3.8, 4) is 0 Å². The molecule has 0 unspecified atom stereocenters. The second-order valence-electron chi connectivity index (χ2n) is 3.77. The van der Waals surface area contributed by atoms with Crippen LogP contribution in [0.1, 0.15) is 5.56 Å². The summed E-state index contributed by atoms with van der Waals surface area (Å²) in [7, 11) is 0. The number of hydrogen-bond acceptors (Lipinski definition) is 2. The molecule has 0 radical (unpaired) electrons. The second kappa shape index (κ2) is 5.62. The third-order valence-corrected chi connectivity index (χ3v) is 2.86. The van der Waals surface area contributed by atoms with Gasteiger partial charge in [0, 0.05) is 18.9 Å². The molecular weight excluding hydrogens is 303 g/mol. The van der Waals surface area contributed by atoms with Gasteiger partial charge in [0.25, 0.3) is 0 Å². The Morgan fingerprint density at radius 1 is 0.950 bits per heavy atom. The normalized spacial score (nSPS) is 10.7. The van der Waals surface area contributed by atoms with Crippen molar-refractivity contribution >= 4 is 17.3 Å². The van der Waals surface area contributed by atoms with Crippen LogP contribution >= 0.6 is 11.6 Å². The Morgan fingerprint density at radius 3 is 2.05 bits per heavy atom. The zero-order valence-electron chi connectivity index (χ0n) is 9.65. The van der Waals surface area contributed by atoms with Crippen molar-refractivity contribution in [3.05, 3.63) is 58.1 Å². The molecule has 1 aromatic carbocycles. The number of rotatable bonds is 3. The van der Waals surface area contributed by atoms with Crippen LogP contribution in [0, 0.1) is 29.1 Å². The van der Waals surface area contributed by atoms with Crippen molar-refractivity contribution in [2.45, 2.75) is 6.54 Å². The number of nitrogens with zero attached hydrogens (tertiary/aromatic N) is 1. The summed E-state index contributed by atoms with van der Waals surface area (Å²) < 4.78 is 65.5. The summed E-state index contributed by atoms with van der Waals surface area (Å²) in [6.07, 6.45) is 2.67. The molecule has 2 aromatic rings. The maximum absolute atomic E-state index is 13.4. The van der Waals surface area contributed by atoms with Crippen LogP contribution in [-0.4, -0.2) is 4.98 Å². The van der Waals surface area contributed by atoms with Gasteiger partial charge in [0.15, 0.2) is 23.3 Å². The monoisotopic (exact) mass is 308 g/mol. The molecule has 1 aromatic heterocycles. The summed E-state index contributed by atoms with van der Waals surface area (Å²) in [6.45, 7) is -0.223. The molecule has 0 aliphatic heterocycles. The number of aromatic nitrogens is 1. The molecule has 0 bridgehead atoms. The van der Waals surface area contributed by atoms with Crippen LogP contribution in [0.5, 0.6) is 0 Å². The fraction of sp³-hybridized carbons (Fsp3) is 0.0833. The SMILES string of the molecule is Fc1c(F)c(F)c(NCc2ccncc2Cl)c(F)c1F. The van der Waals surface area contributed by atoms with Crippen molar-refractivity contribution in [1.29, 1.82) is 0 Å². The molecule has 20 heavy (non-hydrogen) atoms. The third-order valence-electron chi connectivity index (χ3n) is 2.52. The molecule has 106 valence electrons. The van der Waals surface area contributed by atoms with Gasteiger partial charge in [-0.25, -0.2) is 22.0 Å². The highest BCUT2D eigenvalue weighted by molar-refractivity contribution is 6.31. The van der Waals surface area contributed by atoms with Crippen molar-refractivity contribution in [3.63, 3.8) is 0 Å². The highest BCUT2D eigenvalue weighted by Crippen LogP contribution is 2.28. The van der Waals surface area contributed by atoms with Crippen LogP contribution in [-0.2, 0) is 6.54 Å². The number of anilines is 1. The number of benzene rings is 1. The van der Waals surface area contributed by atoms with Gasteiger partial charge in [0.1, 0.15) is 5.69 Å². The van der Waals surface area contributed by atoms with E-state index < -0.39 is 34.8 Å². The molecule has 0 saturated carbocycles. The van der Waals surface area contributed by atoms with E-state index in [0.29, 0.717) is 5.56 Å². The predicted molar refractivity (Wildman–Crippen MR) is 62.8 cm³/mol. The van der Waals surface area contributed by atoms with Crippen molar-refractivity contribution in [2.24, 2.45) is 0 Å². The van der Waals surface area contributed by atoms with Gasteiger partial charge in [-0.1, -0.05) is 11.6 Å². The minimum Gasteiger partial charge on any atom is -0.376 e. The van der Waals surface area contributed by atoms with Gasteiger partial charge >= 0.3 is 0 Å². The zero-order valence-corrected chi connectivity index (χ0v) is 10.4. The number of hydrogen-bond donors (Lipinski definition) is 1. The first-order chi connectivity index (χ1) is 9.43. The Balaban J connectivity index is 2.33. The van der Waals surface area contributed by atoms with Crippen LogP contribution in [0.15, 0.2) is 18.5 Å². The molecule has 1 N–H and O–H groups in total. The lowest BCUT2D eigenvalue weighted by Crippen LogP contribution is -2.10. The highest BCUT2D eigenvalue weighted by atomic mass is 35.5. The molecule has 0 aliphatic carbocycles.